The Bertz CT molecular complexity index is 2460. The van der Waals surface area contributed by atoms with E-state index in [-0.39, 0.29) is 42.6 Å². The highest BCUT2D eigenvalue weighted by Gasteiger charge is 2.28. The molecule has 0 amide bonds. The molecule has 1 aliphatic heterocycles. The van der Waals surface area contributed by atoms with Gasteiger partial charge in [0.15, 0.2) is 9.84 Å². The van der Waals surface area contributed by atoms with Crippen LogP contribution in [0.2, 0.25) is 5.02 Å². The monoisotopic (exact) mass is 731 g/mol. The van der Waals surface area contributed by atoms with Gasteiger partial charge >= 0.3 is 5.97 Å². The fourth-order valence-corrected chi connectivity index (χ4v) is 9.09. The van der Waals surface area contributed by atoms with Gasteiger partial charge in [0.1, 0.15) is 17.3 Å². The average molecular weight is 732 g/mol. The van der Waals surface area contributed by atoms with Crippen LogP contribution in [0.25, 0.3) is 32.8 Å². The van der Waals surface area contributed by atoms with E-state index in [9.17, 15) is 22.7 Å². The quantitative estimate of drug-likeness (QED) is 0.201. The maximum atomic E-state index is 14.3. The maximum Gasteiger partial charge on any atom is 0.352 e. The van der Waals surface area contributed by atoms with Gasteiger partial charge in [0.2, 0.25) is 0 Å². The predicted octanol–water partition coefficient (Wildman–Crippen LogP) is 7.15. The number of benzene rings is 3. The van der Waals surface area contributed by atoms with Crippen molar-refractivity contribution in [2.75, 3.05) is 12.4 Å². The van der Waals surface area contributed by atoms with Gasteiger partial charge in [0, 0.05) is 53.9 Å². The lowest BCUT2D eigenvalue weighted by Crippen LogP contribution is -2.16. The van der Waals surface area contributed by atoms with Crippen molar-refractivity contribution in [3.63, 3.8) is 0 Å². The summed E-state index contributed by atoms with van der Waals surface area (Å²) < 4.78 is 52.8. The standard InChI is InChI=1S/C38H39ClFN5O5S/c1-22-34(23(2)43(3)41-22)35-32(39)13-12-31-30-7-5-15-50-33-18-24(17-25-19-26(40)9-11-29(25)33)8-10-28-20-27(42-44(28)4)21-51(48,49)16-6-14-45(36(31)35)37(30)38(46)47/h9,11-13,17-20H,5-8,10,14-16,21H2,1-4H3,(H,46,47). The zero-order chi connectivity index (χ0) is 36.2. The smallest absolute Gasteiger partial charge is 0.352 e. The third-order valence-corrected chi connectivity index (χ3v) is 11.9. The molecule has 1 aliphatic rings. The van der Waals surface area contributed by atoms with Crippen molar-refractivity contribution < 1.29 is 27.4 Å². The summed E-state index contributed by atoms with van der Waals surface area (Å²) in [7, 11) is 0.0410. The van der Waals surface area contributed by atoms with E-state index in [1.807, 2.05) is 45.2 Å². The fraction of sp³-hybridized carbons (Fsp3) is 0.342. The number of halogens is 2. The molecule has 0 fully saturated rings. The van der Waals surface area contributed by atoms with E-state index in [1.165, 1.54) is 12.1 Å². The lowest BCUT2D eigenvalue weighted by molar-refractivity contribution is 0.0684. The number of carbonyl (C=O) groups is 1. The Morgan fingerprint density at radius 3 is 2.47 bits per heavy atom. The van der Waals surface area contributed by atoms with Crippen molar-refractivity contribution >= 4 is 49.1 Å². The summed E-state index contributed by atoms with van der Waals surface area (Å²) in [4.78, 5) is 13.1. The molecule has 7 rings (SSSR count). The van der Waals surface area contributed by atoms with Crippen LogP contribution in [0.1, 0.15) is 57.2 Å². The molecule has 266 valence electrons. The van der Waals surface area contributed by atoms with Gasteiger partial charge in [-0.3, -0.25) is 9.36 Å². The second-order valence-electron chi connectivity index (χ2n) is 13.4. The first-order valence-electron chi connectivity index (χ1n) is 17.0. The Balaban J connectivity index is 1.37. The summed E-state index contributed by atoms with van der Waals surface area (Å²) in [6, 6.07) is 14.0. The average Bonchev–Trinajstić information content (AvgIpc) is 3.66. The number of ether oxygens (including phenoxy) is 1. The summed E-state index contributed by atoms with van der Waals surface area (Å²) >= 11 is 6.94. The van der Waals surface area contributed by atoms with Gasteiger partial charge in [0.25, 0.3) is 0 Å². The number of carboxylic acid groups (broad SMARTS) is 1. The van der Waals surface area contributed by atoms with Crippen LogP contribution in [-0.4, -0.2) is 56.0 Å². The summed E-state index contributed by atoms with van der Waals surface area (Å²) in [6.07, 6.45) is 2.26. The highest BCUT2D eigenvalue weighted by molar-refractivity contribution is 7.90. The molecule has 6 aromatic rings. The number of rotatable bonds is 2. The van der Waals surface area contributed by atoms with Crippen LogP contribution in [0.3, 0.4) is 0 Å². The van der Waals surface area contributed by atoms with E-state index in [0.717, 1.165) is 39.0 Å². The molecule has 1 N–H and O–H groups in total. The second kappa shape index (κ2) is 13.5. The number of aryl methyl sites for hydroxylation is 7. The second-order valence-corrected chi connectivity index (χ2v) is 16.0. The molecule has 0 atom stereocenters. The molecule has 0 saturated heterocycles. The molecule has 0 radical (unpaired) electrons. The van der Waals surface area contributed by atoms with Crippen LogP contribution in [-0.2, 0) is 55.5 Å². The predicted molar refractivity (Wildman–Crippen MR) is 196 cm³/mol. The third kappa shape index (κ3) is 6.62. The highest BCUT2D eigenvalue weighted by Crippen LogP contribution is 2.42. The molecule has 0 unspecified atom stereocenters. The van der Waals surface area contributed by atoms with Crippen LogP contribution < -0.4 is 4.74 Å². The molecule has 13 heteroatoms. The SMILES string of the molecule is Cc1nn(C)c(C)c1-c1c(Cl)ccc2c3c(C(=O)O)n(c12)CCCS(=O)(=O)Cc1cc(n(C)n1)CCc1cc(c2ccc(F)cc2c1)OCCC3. The number of hydrogen-bond donors (Lipinski definition) is 1. The minimum Gasteiger partial charge on any atom is -0.493 e. The number of aromatic nitrogens is 5. The zero-order valence-electron chi connectivity index (χ0n) is 29.0. The highest BCUT2D eigenvalue weighted by atomic mass is 35.5. The number of aromatic carboxylic acids is 1. The molecule has 0 spiro atoms. The van der Waals surface area contributed by atoms with Gasteiger partial charge in [-0.05, 0) is 98.9 Å². The zero-order valence-corrected chi connectivity index (χ0v) is 30.5. The molecular formula is C38H39ClFN5O5S. The minimum atomic E-state index is -3.60. The Kier molecular flexibility index (Phi) is 9.17. The number of carboxylic acids is 1. The summed E-state index contributed by atoms with van der Waals surface area (Å²) in [5.41, 5.74) is 6.70. The van der Waals surface area contributed by atoms with Gasteiger partial charge in [-0.2, -0.15) is 10.2 Å². The van der Waals surface area contributed by atoms with Crippen LogP contribution in [0, 0.1) is 19.7 Å². The van der Waals surface area contributed by atoms with Crippen molar-refractivity contribution in [1.29, 1.82) is 0 Å². The maximum absolute atomic E-state index is 14.3. The van der Waals surface area contributed by atoms with Crippen molar-refractivity contribution in [3.8, 4) is 16.9 Å². The van der Waals surface area contributed by atoms with Crippen LogP contribution in [0.5, 0.6) is 5.75 Å². The molecule has 0 saturated carbocycles. The van der Waals surface area contributed by atoms with Crippen molar-refractivity contribution in [2.45, 2.75) is 58.2 Å². The number of hydrogen-bond acceptors (Lipinski definition) is 6. The van der Waals surface area contributed by atoms with Crippen LogP contribution in [0.4, 0.5) is 4.39 Å². The normalized spacial score (nSPS) is 15.6. The van der Waals surface area contributed by atoms with Crippen LogP contribution >= 0.6 is 11.6 Å². The van der Waals surface area contributed by atoms with E-state index in [4.69, 9.17) is 16.3 Å². The molecule has 0 aliphatic carbocycles. The van der Waals surface area contributed by atoms with Gasteiger partial charge in [-0.1, -0.05) is 23.7 Å². The fourth-order valence-electron chi connectivity index (χ4n) is 7.54. The molecule has 3 aromatic heterocycles. The first kappa shape index (κ1) is 34.8. The Labute approximate surface area is 300 Å². The van der Waals surface area contributed by atoms with Gasteiger partial charge in [0.05, 0.1) is 40.0 Å². The van der Waals surface area contributed by atoms with E-state index in [1.54, 1.807) is 33.1 Å². The van der Waals surface area contributed by atoms with Gasteiger partial charge in [-0.15, -0.1) is 0 Å². The van der Waals surface area contributed by atoms with E-state index >= 15 is 0 Å². The van der Waals surface area contributed by atoms with Gasteiger partial charge in [-0.25, -0.2) is 17.6 Å². The molecule has 10 nitrogen and oxygen atoms in total. The number of fused-ring (bicyclic) bond motifs is 11. The molecule has 4 heterocycles. The van der Waals surface area contributed by atoms with Gasteiger partial charge < -0.3 is 14.4 Å². The summed E-state index contributed by atoms with van der Waals surface area (Å²) in [5, 5.41) is 22.5. The Hall–Kier alpha value is -4.68. The summed E-state index contributed by atoms with van der Waals surface area (Å²) in [6.45, 7) is 4.25. The molecule has 3 aromatic carbocycles. The van der Waals surface area contributed by atoms with Crippen molar-refractivity contribution in [3.05, 3.63) is 99.0 Å². The lowest BCUT2D eigenvalue weighted by Gasteiger charge is -2.14. The van der Waals surface area contributed by atoms with Crippen molar-refractivity contribution in [1.82, 2.24) is 24.1 Å². The molecular weight excluding hydrogens is 693 g/mol. The lowest BCUT2D eigenvalue weighted by atomic mass is 9.98. The van der Waals surface area contributed by atoms with E-state index < -0.39 is 15.8 Å². The third-order valence-electron chi connectivity index (χ3n) is 9.91. The van der Waals surface area contributed by atoms with Crippen molar-refractivity contribution in [2.24, 2.45) is 14.1 Å². The first-order valence-corrected chi connectivity index (χ1v) is 19.2. The topological polar surface area (TPSA) is 121 Å². The number of sulfone groups is 1. The minimum absolute atomic E-state index is 0.0943. The van der Waals surface area contributed by atoms with Crippen LogP contribution in [0.15, 0.2) is 48.5 Å². The first-order chi connectivity index (χ1) is 24.3. The number of nitrogens with zero attached hydrogens (tertiary/aromatic N) is 5. The van der Waals surface area contributed by atoms with E-state index in [2.05, 4.69) is 10.2 Å². The largest absolute Gasteiger partial charge is 0.493 e. The Morgan fingerprint density at radius 1 is 0.941 bits per heavy atom. The molecule has 51 heavy (non-hydrogen) atoms. The molecule has 6 bridgehead atoms. The summed E-state index contributed by atoms with van der Waals surface area (Å²) in [5.74, 6) is -1.24. The van der Waals surface area contributed by atoms with E-state index in [0.29, 0.717) is 64.2 Å². The Morgan fingerprint density at radius 2 is 1.73 bits per heavy atom.